The second kappa shape index (κ2) is 14.4. The Kier molecular flexibility index (Phi) is 10.7. The Hall–Kier alpha value is -3.76. The zero-order valence-corrected chi connectivity index (χ0v) is 25.4. The van der Waals surface area contributed by atoms with Crippen molar-refractivity contribution in [1.29, 1.82) is 0 Å². The predicted molar refractivity (Wildman–Crippen MR) is 167 cm³/mol. The van der Waals surface area contributed by atoms with Crippen LogP contribution in [-0.2, 0) is 21.4 Å². The van der Waals surface area contributed by atoms with Gasteiger partial charge in [-0.05, 0) is 78.7 Å². The van der Waals surface area contributed by atoms with Crippen LogP contribution in [0.1, 0.15) is 18.1 Å². The van der Waals surface area contributed by atoms with Crippen LogP contribution < -0.4 is 19.2 Å². The largest absolute Gasteiger partial charge is 0.490 e. The van der Waals surface area contributed by atoms with E-state index in [1.807, 2.05) is 25.1 Å². The molecule has 0 spiro atoms. The number of carbonyl (C=O) groups is 1. The predicted octanol–water partition coefficient (Wildman–Crippen LogP) is 6.97. The van der Waals surface area contributed by atoms with Crippen molar-refractivity contribution in [3.05, 3.63) is 117 Å². The van der Waals surface area contributed by atoms with Crippen molar-refractivity contribution in [3.63, 3.8) is 0 Å². The van der Waals surface area contributed by atoms with Crippen LogP contribution >= 0.6 is 34.8 Å². The molecule has 0 fully saturated rings. The van der Waals surface area contributed by atoms with Gasteiger partial charge in [0, 0.05) is 15.1 Å². The van der Waals surface area contributed by atoms with E-state index in [4.69, 9.17) is 44.3 Å². The minimum absolute atomic E-state index is 0.00137. The molecule has 0 aliphatic rings. The number of ether oxygens (including phenoxy) is 2. The number of anilines is 1. The molecule has 1 amide bonds. The summed E-state index contributed by atoms with van der Waals surface area (Å²) in [5.41, 5.74) is 4.03. The van der Waals surface area contributed by atoms with Crippen molar-refractivity contribution in [2.24, 2.45) is 5.10 Å². The Bertz CT molecular complexity index is 1660. The number of carbonyl (C=O) groups excluding carboxylic acids is 1. The number of amides is 1. The minimum atomic E-state index is -4.14. The van der Waals surface area contributed by atoms with Crippen LogP contribution in [0.15, 0.2) is 101 Å². The zero-order valence-electron chi connectivity index (χ0n) is 22.3. The van der Waals surface area contributed by atoms with E-state index in [0.29, 0.717) is 35.3 Å². The maximum Gasteiger partial charge on any atom is 0.264 e. The second-order valence-electron chi connectivity index (χ2n) is 8.80. The molecule has 0 saturated heterocycles. The molecule has 4 aromatic rings. The number of nitrogens with one attached hydrogen (secondary N) is 1. The molecule has 1 N–H and O–H groups in total. The van der Waals surface area contributed by atoms with E-state index in [1.54, 1.807) is 42.5 Å². The van der Waals surface area contributed by atoms with E-state index in [2.05, 4.69) is 10.5 Å². The summed E-state index contributed by atoms with van der Waals surface area (Å²) in [6, 6.07) is 24.6. The molecule has 0 radical (unpaired) electrons. The summed E-state index contributed by atoms with van der Waals surface area (Å²) in [6.07, 6.45) is 1.41. The molecular weight excluding hydrogens is 621 g/mol. The van der Waals surface area contributed by atoms with Gasteiger partial charge in [-0.25, -0.2) is 13.8 Å². The van der Waals surface area contributed by atoms with Crippen LogP contribution in [-0.4, -0.2) is 33.7 Å². The fourth-order valence-electron chi connectivity index (χ4n) is 3.84. The highest BCUT2D eigenvalue weighted by Gasteiger charge is 2.27. The van der Waals surface area contributed by atoms with Gasteiger partial charge in [0.1, 0.15) is 13.2 Å². The van der Waals surface area contributed by atoms with Gasteiger partial charge in [0.05, 0.1) is 23.4 Å². The molecule has 8 nitrogen and oxygen atoms in total. The van der Waals surface area contributed by atoms with Crippen LogP contribution in [0.5, 0.6) is 11.5 Å². The van der Waals surface area contributed by atoms with Gasteiger partial charge < -0.3 is 9.47 Å². The first-order valence-corrected chi connectivity index (χ1v) is 15.2. The van der Waals surface area contributed by atoms with Crippen LogP contribution in [0, 0.1) is 0 Å². The molecule has 0 unspecified atom stereocenters. The van der Waals surface area contributed by atoms with E-state index in [-0.39, 0.29) is 20.6 Å². The van der Waals surface area contributed by atoms with Gasteiger partial charge in [0.2, 0.25) is 0 Å². The highest BCUT2D eigenvalue weighted by Crippen LogP contribution is 2.30. The van der Waals surface area contributed by atoms with E-state index in [0.717, 1.165) is 9.87 Å². The van der Waals surface area contributed by atoms with Crippen LogP contribution in [0.3, 0.4) is 0 Å². The lowest BCUT2D eigenvalue weighted by molar-refractivity contribution is -0.119. The Labute approximate surface area is 259 Å². The Balaban J connectivity index is 1.48. The molecule has 0 saturated carbocycles. The molecule has 4 aromatic carbocycles. The maximum atomic E-state index is 13.5. The average Bonchev–Trinajstić information content (AvgIpc) is 2.95. The first-order chi connectivity index (χ1) is 20.2. The number of rotatable bonds is 12. The van der Waals surface area contributed by atoms with E-state index >= 15 is 0 Å². The minimum Gasteiger partial charge on any atom is -0.490 e. The summed E-state index contributed by atoms with van der Waals surface area (Å²) in [6.45, 7) is 1.98. The lowest BCUT2D eigenvalue weighted by atomic mass is 10.2. The molecule has 0 bridgehead atoms. The summed E-state index contributed by atoms with van der Waals surface area (Å²) in [5.74, 6) is 0.334. The molecule has 218 valence electrons. The number of nitrogens with zero attached hydrogens (tertiary/aromatic N) is 2. The smallest absolute Gasteiger partial charge is 0.264 e. The number of hydrogen-bond donors (Lipinski definition) is 1. The van der Waals surface area contributed by atoms with E-state index in [1.165, 1.54) is 36.5 Å². The first-order valence-electron chi connectivity index (χ1n) is 12.7. The summed E-state index contributed by atoms with van der Waals surface area (Å²) >= 11 is 18.3. The molecule has 42 heavy (non-hydrogen) atoms. The fourth-order valence-corrected chi connectivity index (χ4v) is 6.00. The van der Waals surface area contributed by atoms with Crippen molar-refractivity contribution in [2.45, 2.75) is 18.4 Å². The van der Waals surface area contributed by atoms with Crippen molar-refractivity contribution >= 4 is 62.6 Å². The fraction of sp³-hybridized carbons (Fsp3) is 0.133. The molecule has 0 heterocycles. The Morgan fingerprint density at radius 2 is 1.60 bits per heavy atom. The zero-order chi connectivity index (χ0) is 30.1. The molecule has 4 rings (SSSR count). The van der Waals surface area contributed by atoms with E-state index < -0.39 is 22.5 Å². The molecule has 0 atom stereocenters. The van der Waals surface area contributed by atoms with Gasteiger partial charge in [0.15, 0.2) is 11.5 Å². The third-order valence-electron chi connectivity index (χ3n) is 5.71. The molecule has 0 aromatic heterocycles. The topological polar surface area (TPSA) is 97.3 Å². The van der Waals surface area contributed by atoms with Gasteiger partial charge in [-0.3, -0.25) is 9.10 Å². The second-order valence-corrected chi connectivity index (χ2v) is 12.0. The Morgan fingerprint density at radius 1 is 0.857 bits per heavy atom. The van der Waals surface area contributed by atoms with Crippen molar-refractivity contribution in [2.75, 3.05) is 17.5 Å². The maximum absolute atomic E-state index is 13.5. The van der Waals surface area contributed by atoms with Gasteiger partial charge in [0.25, 0.3) is 15.9 Å². The van der Waals surface area contributed by atoms with Gasteiger partial charge in [-0.1, -0.05) is 65.1 Å². The van der Waals surface area contributed by atoms with Gasteiger partial charge >= 0.3 is 0 Å². The van der Waals surface area contributed by atoms with Crippen molar-refractivity contribution < 1.29 is 22.7 Å². The Morgan fingerprint density at radius 3 is 2.29 bits per heavy atom. The van der Waals surface area contributed by atoms with Gasteiger partial charge in [-0.2, -0.15) is 5.10 Å². The van der Waals surface area contributed by atoms with E-state index in [9.17, 15) is 13.2 Å². The molecular formula is C30H26Cl3N3O5S. The van der Waals surface area contributed by atoms with Crippen LogP contribution in [0.25, 0.3) is 0 Å². The highest BCUT2D eigenvalue weighted by molar-refractivity contribution is 7.92. The summed E-state index contributed by atoms with van der Waals surface area (Å²) in [4.78, 5) is 12.9. The summed E-state index contributed by atoms with van der Waals surface area (Å²) < 4.78 is 39.5. The quantitative estimate of drug-likeness (QED) is 0.132. The number of halogens is 3. The standard InChI is InChI=1S/C30H26Cl3N3O5S/c1-2-40-29-14-21(11-12-28(29)41-20-22-7-6-8-23(31)13-22)18-34-35-30(37)19-36(26-16-24(32)15-25(33)17-26)42(38,39)27-9-4-3-5-10-27/h3-18H,2,19-20H2,1H3,(H,35,37)/b34-18-. The number of sulfonamides is 1. The van der Waals surface area contributed by atoms with Crippen LogP contribution in [0.2, 0.25) is 15.1 Å². The first kappa shape index (κ1) is 31.2. The normalized spacial score (nSPS) is 11.3. The SMILES string of the molecule is CCOc1cc(/C=N\NC(=O)CN(c2cc(Cl)cc(Cl)c2)S(=O)(=O)c2ccccc2)ccc1OCc1cccc(Cl)c1. The summed E-state index contributed by atoms with van der Waals surface area (Å²) in [7, 11) is -4.14. The highest BCUT2D eigenvalue weighted by atomic mass is 35.5. The van der Waals surface area contributed by atoms with Crippen molar-refractivity contribution in [1.82, 2.24) is 5.43 Å². The number of benzene rings is 4. The third kappa shape index (κ3) is 8.39. The lowest BCUT2D eigenvalue weighted by Crippen LogP contribution is -2.39. The van der Waals surface area contributed by atoms with Gasteiger partial charge in [-0.15, -0.1) is 0 Å². The molecule has 12 heteroatoms. The summed E-state index contributed by atoms with van der Waals surface area (Å²) in [5, 5.41) is 5.05. The molecule has 0 aliphatic heterocycles. The number of hydrazone groups is 1. The average molecular weight is 647 g/mol. The monoisotopic (exact) mass is 645 g/mol. The third-order valence-corrected chi connectivity index (χ3v) is 8.17. The van der Waals surface area contributed by atoms with Crippen LogP contribution in [0.4, 0.5) is 5.69 Å². The lowest BCUT2D eigenvalue weighted by Gasteiger charge is -2.24. The van der Waals surface area contributed by atoms with Crippen molar-refractivity contribution in [3.8, 4) is 11.5 Å². The number of hydrogen-bond acceptors (Lipinski definition) is 6. The molecule has 0 aliphatic carbocycles.